The summed E-state index contributed by atoms with van der Waals surface area (Å²) in [7, 11) is 1.33. The molecule has 0 aliphatic carbocycles. The Kier molecular flexibility index (Phi) is 2.96. The van der Waals surface area contributed by atoms with E-state index < -0.39 is 11.6 Å². The molecule has 0 aliphatic heterocycles. The number of ketones is 1. The molecule has 0 saturated carbocycles. The summed E-state index contributed by atoms with van der Waals surface area (Å²) in [6, 6.07) is 2.69. The van der Waals surface area contributed by atoms with Crippen molar-refractivity contribution in [2.75, 3.05) is 7.11 Å². The minimum absolute atomic E-state index is 0.104. The van der Waals surface area contributed by atoms with Crippen molar-refractivity contribution in [1.29, 1.82) is 0 Å². The summed E-state index contributed by atoms with van der Waals surface area (Å²) in [6.07, 6.45) is 0.334. The van der Waals surface area contributed by atoms with Gasteiger partial charge < -0.3 is 4.74 Å². The number of rotatable bonds is 3. The van der Waals surface area contributed by atoms with Crippen LogP contribution in [0.4, 0.5) is 4.39 Å². The Morgan fingerprint density at radius 1 is 1.50 bits per heavy atom. The molecule has 4 heteroatoms. The van der Waals surface area contributed by atoms with Gasteiger partial charge in [-0.3, -0.25) is 9.59 Å². The van der Waals surface area contributed by atoms with Gasteiger partial charge in [0.15, 0.2) is 12.1 Å². The first-order valence-electron chi connectivity index (χ1n) is 3.94. The van der Waals surface area contributed by atoms with Gasteiger partial charge in [0.2, 0.25) is 0 Å². The molecule has 0 amide bonds. The van der Waals surface area contributed by atoms with Crippen LogP contribution in [0.1, 0.15) is 27.6 Å². The van der Waals surface area contributed by atoms with Crippen LogP contribution in [0.15, 0.2) is 12.1 Å². The van der Waals surface area contributed by atoms with Gasteiger partial charge in [0, 0.05) is 0 Å². The zero-order valence-corrected chi connectivity index (χ0v) is 7.83. The average molecular weight is 196 g/mol. The molecular formula is C10H9FO3. The zero-order valence-electron chi connectivity index (χ0n) is 7.83. The largest absolute Gasteiger partial charge is 0.496 e. The molecule has 14 heavy (non-hydrogen) atoms. The Morgan fingerprint density at radius 2 is 2.14 bits per heavy atom. The van der Waals surface area contributed by atoms with Crippen molar-refractivity contribution >= 4 is 12.1 Å². The van der Waals surface area contributed by atoms with Crippen molar-refractivity contribution in [3.8, 4) is 5.75 Å². The minimum Gasteiger partial charge on any atom is -0.496 e. The number of ether oxygens (including phenoxy) is 1. The monoisotopic (exact) mass is 196 g/mol. The maximum absolute atomic E-state index is 13.4. The predicted molar refractivity (Wildman–Crippen MR) is 48.3 cm³/mol. The Balaban J connectivity index is 3.42. The topological polar surface area (TPSA) is 43.4 Å². The van der Waals surface area contributed by atoms with Crippen LogP contribution in [0.5, 0.6) is 5.75 Å². The number of aldehydes is 1. The molecule has 0 unspecified atom stereocenters. The molecule has 0 spiro atoms. The zero-order chi connectivity index (χ0) is 10.7. The molecule has 0 aliphatic rings. The fourth-order valence-corrected chi connectivity index (χ4v) is 1.13. The molecule has 74 valence electrons. The van der Waals surface area contributed by atoms with Gasteiger partial charge in [0.1, 0.15) is 11.6 Å². The van der Waals surface area contributed by atoms with Crippen molar-refractivity contribution in [3.05, 3.63) is 29.1 Å². The van der Waals surface area contributed by atoms with Gasteiger partial charge in [-0.1, -0.05) is 0 Å². The maximum Gasteiger partial charge on any atom is 0.162 e. The third kappa shape index (κ3) is 1.64. The van der Waals surface area contributed by atoms with Crippen LogP contribution in [0.2, 0.25) is 0 Å². The second-order valence-electron chi connectivity index (χ2n) is 2.72. The van der Waals surface area contributed by atoms with Crippen LogP contribution in [0.25, 0.3) is 0 Å². The van der Waals surface area contributed by atoms with E-state index >= 15 is 0 Å². The van der Waals surface area contributed by atoms with Crippen molar-refractivity contribution < 1.29 is 18.7 Å². The van der Waals surface area contributed by atoms with E-state index in [4.69, 9.17) is 4.74 Å². The normalized spacial score (nSPS) is 9.64. The lowest BCUT2D eigenvalue weighted by atomic mass is 10.1. The van der Waals surface area contributed by atoms with Gasteiger partial charge in [-0.25, -0.2) is 4.39 Å². The molecule has 0 heterocycles. The first-order chi connectivity index (χ1) is 6.61. The second-order valence-corrected chi connectivity index (χ2v) is 2.72. The molecule has 3 nitrogen and oxygen atoms in total. The van der Waals surface area contributed by atoms with E-state index in [0.717, 1.165) is 0 Å². The van der Waals surface area contributed by atoms with E-state index in [-0.39, 0.29) is 16.9 Å². The third-order valence-electron chi connectivity index (χ3n) is 1.86. The van der Waals surface area contributed by atoms with Crippen molar-refractivity contribution in [3.63, 3.8) is 0 Å². The first kappa shape index (κ1) is 10.4. The molecule has 0 atom stereocenters. The summed E-state index contributed by atoms with van der Waals surface area (Å²) >= 11 is 0. The lowest BCUT2D eigenvalue weighted by molar-refractivity contribution is 0.101. The molecule has 0 fully saturated rings. The van der Waals surface area contributed by atoms with Crippen LogP contribution in [-0.4, -0.2) is 19.2 Å². The number of carbonyl (C=O) groups excluding carboxylic acids is 2. The molecule has 0 radical (unpaired) electrons. The van der Waals surface area contributed by atoms with Crippen LogP contribution in [-0.2, 0) is 0 Å². The van der Waals surface area contributed by atoms with E-state index in [9.17, 15) is 14.0 Å². The maximum atomic E-state index is 13.4. The van der Waals surface area contributed by atoms with E-state index in [0.29, 0.717) is 6.29 Å². The van der Waals surface area contributed by atoms with Gasteiger partial charge in [-0.15, -0.1) is 0 Å². The Labute approximate surface area is 80.5 Å². The third-order valence-corrected chi connectivity index (χ3v) is 1.86. The molecule has 0 saturated heterocycles. The highest BCUT2D eigenvalue weighted by Gasteiger charge is 2.15. The number of carbonyl (C=O) groups is 2. The van der Waals surface area contributed by atoms with Gasteiger partial charge in [0.25, 0.3) is 0 Å². The molecule has 1 rings (SSSR count). The second kappa shape index (κ2) is 4.00. The SMILES string of the molecule is COc1ccc(C(C)=O)c(F)c1C=O. The molecular weight excluding hydrogens is 187 g/mol. The Hall–Kier alpha value is -1.71. The first-order valence-corrected chi connectivity index (χ1v) is 3.94. The van der Waals surface area contributed by atoms with Gasteiger partial charge in [0.05, 0.1) is 18.2 Å². The van der Waals surface area contributed by atoms with Crippen molar-refractivity contribution in [2.45, 2.75) is 6.92 Å². The van der Waals surface area contributed by atoms with E-state index in [1.807, 2.05) is 0 Å². The highest BCUT2D eigenvalue weighted by molar-refractivity contribution is 5.96. The van der Waals surface area contributed by atoms with E-state index in [1.165, 1.54) is 26.2 Å². The molecule has 0 aromatic heterocycles. The number of hydrogen-bond acceptors (Lipinski definition) is 3. The highest BCUT2D eigenvalue weighted by Crippen LogP contribution is 2.22. The fraction of sp³-hybridized carbons (Fsp3) is 0.200. The minimum atomic E-state index is -0.827. The molecule has 1 aromatic carbocycles. The van der Waals surface area contributed by atoms with E-state index in [2.05, 4.69) is 0 Å². The lowest BCUT2D eigenvalue weighted by Crippen LogP contribution is -2.03. The number of hydrogen-bond donors (Lipinski definition) is 0. The fourth-order valence-electron chi connectivity index (χ4n) is 1.13. The standard InChI is InChI=1S/C10H9FO3/c1-6(13)7-3-4-9(14-2)8(5-12)10(7)11/h3-5H,1-2H3. The number of Topliss-reactive ketones (excluding diaryl/α,β-unsaturated/α-hetero) is 1. The molecule has 0 N–H and O–H groups in total. The van der Waals surface area contributed by atoms with E-state index in [1.54, 1.807) is 0 Å². The highest BCUT2D eigenvalue weighted by atomic mass is 19.1. The number of benzene rings is 1. The summed E-state index contributed by atoms with van der Waals surface area (Å²) in [6.45, 7) is 1.24. The van der Waals surface area contributed by atoms with Gasteiger partial charge in [-0.05, 0) is 19.1 Å². The number of halogens is 1. The van der Waals surface area contributed by atoms with Crippen LogP contribution in [0.3, 0.4) is 0 Å². The van der Waals surface area contributed by atoms with Crippen molar-refractivity contribution in [1.82, 2.24) is 0 Å². The lowest BCUT2D eigenvalue weighted by Gasteiger charge is -2.06. The summed E-state index contributed by atoms with van der Waals surface area (Å²) in [5.74, 6) is -1.12. The predicted octanol–water partition coefficient (Wildman–Crippen LogP) is 1.85. The summed E-state index contributed by atoms with van der Waals surface area (Å²) in [5.41, 5.74) is -0.326. The summed E-state index contributed by atoms with van der Waals surface area (Å²) in [4.78, 5) is 21.5. The van der Waals surface area contributed by atoms with Crippen LogP contribution in [0, 0.1) is 5.82 Å². The van der Waals surface area contributed by atoms with Crippen LogP contribution >= 0.6 is 0 Å². The van der Waals surface area contributed by atoms with Crippen LogP contribution < -0.4 is 4.74 Å². The smallest absolute Gasteiger partial charge is 0.162 e. The Morgan fingerprint density at radius 3 is 2.57 bits per heavy atom. The summed E-state index contributed by atoms with van der Waals surface area (Å²) < 4.78 is 18.2. The van der Waals surface area contributed by atoms with Crippen molar-refractivity contribution in [2.24, 2.45) is 0 Å². The quantitative estimate of drug-likeness (QED) is 0.547. The number of methoxy groups -OCH3 is 1. The average Bonchev–Trinajstić information content (AvgIpc) is 2.16. The van der Waals surface area contributed by atoms with Gasteiger partial charge in [-0.2, -0.15) is 0 Å². The summed E-state index contributed by atoms with van der Waals surface area (Å²) in [5, 5.41) is 0. The molecule has 0 bridgehead atoms. The van der Waals surface area contributed by atoms with Gasteiger partial charge >= 0.3 is 0 Å². The Bertz CT molecular complexity index is 385. The molecule has 1 aromatic rings.